The molecule has 0 aromatic rings. The minimum atomic E-state index is -0.740. The number of ketones is 1. The van der Waals surface area contributed by atoms with Crippen molar-refractivity contribution in [3.8, 4) is 0 Å². The van der Waals surface area contributed by atoms with Crippen LogP contribution >= 0.6 is 0 Å². The summed E-state index contributed by atoms with van der Waals surface area (Å²) in [7, 11) is 0. The standard InChI is InChI=1S/C34H52O5/c1-30(2)15-16-34(29(37)28-26(36)27-22(39-27)18-38-28)14-9-20-19(21(34)17-30)7-8-24-32(20,5)12-10-23-31(3,4)25(35)11-13-33(23,24)6/h7,20-24,26-29,36-37H,8-18H2,1-6H3. The summed E-state index contributed by atoms with van der Waals surface area (Å²) < 4.78 is 11.8. The van der Waals surface area contributed by atoms with Gasteiger partial charge >= 0.3 is 0 Å². The second-order valence-corrected chi connectivity index (χ2v) is 16.9. The highest BCUT2D eigenvalue weighted by Gasteiger charge is 2.67. The largest absolute Gasteiger partial charge is 0.390 e. The molecule has 7 aliphatic rings. The van der Waals surface area contributed by atoms with Crippen molar-refractivity contribution in [1.29, 1.82) is 0 Å². The highest BCUT2D eigenvalue weighted by Crippen LogP contribution is 2.72. The van der Waals surface area contributed by atoms with Gasteiger partial charge in [-0.15, -0.1) is 0 Å². The van der Waals surface area contributed by atoms with E-state index in [0.717, 1.165) is 57.8 Å². The average molecular weight is 541 g/mol. The van der Waals surface area contributed by atoms with E-state index in [1.807, 2.05) is 0 Å². The first kappa shape index (κ1) is 27.1. The van der Waals surface area contributed by atoms with Crippen LogP contribution in [0.25, 0.3) is 0 Å². The van der Waals surface area contributed by atoms with Crippen molar-refractivity contribution >= 4 is 5.78 Å². The third kappa shape index (κ3) is 3.61. The third-order valence-electron chi connectivity index (χ3n) is 14.3. The van der Waals surface area contributed by atoms with E-state index in [0.29, 0.717) is 36.1 Å². The number of hydrogen-bond acceptors (Lipinski definition) is 5. The van der Waals surface area contributed by atoms with E-state index in [2.05, 4.69) is 47.6 Å². The van der Waals surface area contributed by atoms with Crippen molar-refractivity contribution in [1.82, 2.24) is 0 Å². The zero-order chi connectivity index (χ0) is 27.8. The zero-order valence-electron chi connectivity index (χ0n) is 25.2. The predicted octanol–water partition coefficient (Wildman–Crippen LogP) is 5.86. The van der Waals surface area contributed by atoms with Gasteiger partial charge in [-0.05, 0) is 97.7 Å². The number of carbonyl (C=O) groups excluding carboxylic acids is 1. The molecule has 5 aliphatic carbocycles. The molecule has 2 saturated heterocycles. The molecule has 5 heteroatoms. The first-order valence-corrected chi connectivity index (χ1v) is 16.1. The topological polar surface area (TPSA) is 79.3 Å². The van der Waals surface area contributed by atoms with E-state index in [1.165, 1.54) is 6.42 Å². The van der Waals surface area contributed by atoms with Gasteiger partial charge in [0.25, 0.3) is 0 Å². The molecule has 0 spiro atoms. The Morgan fingerprint density at radius 3 is 2.46 bits per heavy atom. The van der Waals surface area contributed by atoms with Crippen LogP contribution in [0.5, 0.6) is 0 Å². The van der Waals surface area contributed by atoms with Crippen LogP contribution in [0.4, 0.5) is 0 Å². The van der Waals surface area contributed by atoms with E-state index in [9.17, 15) is 15.0 Å². The molecule has 218 valence electrons. The molecule has 12 atom stereocenters. The molecule has 0 amide bonds. The molecule has 0 aromatic heterocycles. The van der Waals surface area contributed by atoms with Gasteiger partial charge in [0.15, 0.2) is 0 Å². The number of aliphatic hydroxyl groups is 2. The van der Waals surface area contributed by atoms with Crippen LogP contribution in [0.2, 0.25) is 0 Å². The lowest BCUT2D eigenvalue weighted by Gasteiger charge is -2.68. The first-order chi connectivity index (χ1) is 18.2. The molecule has 6 fully saturated rings. The lowest BCUT2D eigenvalue weighted by atomic mass is 9.37. The minimum Gasteiger partial charge on any atom is -0.390 e. The van der Waals surface area contributed by atoms with E-state index in [4.69, 9.17) is 9.47 Å². The van der Waals surface area contributed by atoms with E-state index >= 15 is 0 Å². The second kappa shape index (κ2) is 8.42. The quantitative estimate of drug-likeness (QED) is 0.339. The normalized spacial score (nSPS) is 54.2. The molecule has 0 radical (unpaired) electrons. The molecule has 39 heavy (non-hydrogen) atoms. The number of rotatable bonds is 2. The number of carbonyl (C=O) groups is 1. The summed E-state index contributed by atoms with van der Waals surface area (Å²) in [6, 6.07) is 0. The Hall–Kier alpha value is -0.750. The van der Waals surface area contributed by atoms with E-state index in [1.54, 1.807) is 5.57 Å². The molecule has 2 heterocycles. The maximum absolute atomic E-state index is 13.0. The highest BCUT2D eigenvalue weighted by molar-refractivity contribution is 5.85. The first-order valence-electron chi connectivity index (χ1n) is 16.1. The Morgan fingerprint density at radius 2 is 1.69 bits per heavy atom. The Morgan fingerprint density at radius 1 is 0.923 bits per heavy atom. The van der Waals surface area contributed by atoms with Crippen molar-refractivity contribution in [3.05, 3.63) is 11.6 Å². The Bertz CT molecular complexity index is 1080. The monoisotopic (exact) mass is 540 g/mol. The van der Waals surface area contributed by atoms with Gasteiger partial charge in [0.05, 0.1) is 12.7 Å². The van der Waals surface area contributed by atoms with Crippen molar-refractivity contribution < 1.29 is 24.5 Å². The molecule has 12 unspecified atom stereocenters. The van der Waals surface area contributed by atoms with Crippen molar-refractivity contribution in [2.24, 2.45) is 50.7 Å². The van der Waals surface area contributed by atoms with Crippen molar-refractivity contribution in [2.45, 2.75) is 136 Å². The summed E-state index contributed by atoms with van der Waals surface area (Å²) in [4.78, 5) is 13.0. The fourth-order valence-corrected chi connectivity index (χ4v) is 12.0. The number of hydrogen-bond donors (Lipinski definition) is 2. The van der Waals surface area contributed by atoms with Crippen molar-refractivity contribution in [3.63, 3.8) is 0 Å². The van der Waals surface area contributed by atoms with Gasteiger partial charge in [-0.25, -0.2) is 0 Å². The van der Waals surface area contributed by atoms with Crippen LogP contribution in [-0.4, -0.2) is 53.1 Å². The minimum absolute atomic E-state index is 0.00672. The fourth-order valence-electron chi connectivity index (χ4n) is 12.0. The van der Waals surface area contributed by atoms with E-state index in [-0.39, 0.29) is 39.3 Å². The van der Waals surface area contributed by atoms with Gasteiger partial charge in [0, 0.05) is 17.3 Å². The molecule has 0 aromatic carbocycles. The van der Waals surface area contributed by atoms with Gasteiger partial charge < -0.3 is 19.7 Å². The Labute approximate surface area is 235 Å². The Kier molecular flexibility index (Phi) is 5.85. The maximum Gasteiger partial charge on any atom is 0.138 e. The number of aliphatic hydroxyl groups excluding tert-OH is 2. The molecule has 0 bridgehead atoms. The van der Waals surface area contributed by atoms with Crippen molar-refractivity contribution in [2.75, 3.05) is 6.61 Å². The maximum atomic E-state index is 13.0. The molecule has 2 aliphatic heterocycles. The zero-order valence-corrected chi connectivity index (χ0v) is 25.2. The van der Waals surface area contributed by atoms with Gasteiger partial charge in [-0.3, -0.25) is 4.79 Å². The number of ether oxygens (including phenoxy) is 2. The van der Waals surface area contributed by atoms with Crippen LogP contribution in [0, 0.1) is 50.7 Å². The SMILES string of the molecule is CC1(C)CCC2(C(O)C3OCC4OC4C3O)CCC3C(=CCC4C3(C)CCC3C(C)(C)C(=O)CCC34C)C2C1. The summed E-state index contributed by atoms with van der Waals surface area (Å²) in [6.45, 7) is 14.9. The summed E-state index contributed by atoms with van der Waals surface area (Å²) >= 11 is 0. The average Bonchev–Trinajstić information content (AvgIpc) is 3.67. The number of allylic oxidation sites excluding steroid dienone is 2. The fraction of sp³-hybridized carbons (Fsp3) is 0.912. The summed E-state index contributed by atoms with van der Waals surface area (Å²) in [5, 5.41) is 23.2. The van der Waals surface area contributed by atoms with Crippen LogP contribution in [0.15, 0.2) is 11.6 Å². The summed E-state index contributed by atoms with van der Waals surface area (Å²) in [5.41, 5.74) is 1.83. The number of Topliss-reactive ketones (excluding diaryl/α,β-unsaturated/α-hetero) is 1. The Balaban J connectivity index is 1.25. The van der Waals surface area contributed by atoms with Crippen LogP contribution in [-0.2, 0) is 14.3 Å². The van der Waals surface area contributed by atoms with Crippen LogP contribution < -0.4 is 0 Å². The molecule has 5 nitrogen and oxygen atoms in total. The summed E-state index contributed by atoms with van der Waals surface area (Å²) in [6.07, 6.45) is 11.0. The highest BCUT2D eigenvalue weighted by atomic mass is 16.6. The van der Waals surface area contributed by atoms with Crippen LogP contribution in [0.3, 0.4) is 0 Å². The van der Waals surface area contributed by atoms with Gasteiger partial charge in [-0.1, -0.05) is 53.2 Å². The lowest BCUT2D eigenvalue weighted by Crippen LogP contribution is -2.63. The second-order valence-electron chi connectivity index (χ2n) is 16.9. The van der Waals surface area contributed by atoms with Gasteiger partial charge in [0.1, 0.15) is 30.2 Å². The molecule has 7 rings (SSSR count). The lowest BCUT2D eigenvalue weighted by molar-refractivity contribution is -0.195. The molecular formula is C34H52O5. The number of epoxide rings is 1. The van der Waals surface area contributed by atoms with E-state index < -0.39 is 18.3 Å². The molecule has 4 saturated carbocycles. The summed E-state index contributed by atoms with van der Waals surface area (Å²) in [5.74, 6) is 2.41. The number of fused-ring (bicyclic) bond motifs is 8. The predicted molar refractivity (Wildman–Crippen MR) is 150 cm³/mol. The van der Waals surface area contributed by atoms with Crippen LogP contribution in [0.1, 0.15) is 106 Å². The van der Waals surface area contributed by atoms with Gasteiger partial charge in [0.2, 0.25) is 0 Å². The smallest absolute Gasteiger partial charge is 0.138 e. The molecular weight excluding hydrogens is 488 g/mol. The third-order valence-corrected chi connectivity index (χ3v) is 14.3. The van der Waals surface area contributed by atoms with Gasteiger partial charge in [-0.2, -0.15) is 0 Å². The molecule has 2 N–H and O–H groups in total.